The second kappa shape index (κ2) is 6.43. The first-order valence-electron chi connectivity index (χ1n) is 7.88. The maximum atomic E-state index is 13.9. The fraction of sp³-hybridized carbons (Fsp3) is 0.100. The largest absolute Gasteiger partial charge is 0.475 e. The van der Waals surface area contributed by atoms with Crippen LogP contribution in [0, 0.1) is 11.6 Å². The molecule has 1 aliphatic heterocycles. The van der Waals surface area contributed by atoms with Gasteiger partial charge in [-0.2, -0.15) is 0 Å². The summed E-state index contributed by atoms with van der Waals surface area (Å²) in [6.07, 6.45) is 3.49. The zero-order chi connectivity index (χ0) is 17.2. The van der Waals surface area contributed by atoms with Crippen LogP contribution in [0.25, 0.3) is 11.1 Å². The number of aliphatic imine (C=N–C) groups is 1. The highest BCUT2D eigenvalue weighted by atomic mass is 19.1. The van der Waals surface area contributed by atoms with Crippen molar-refractivity contribution in [2.75, 3.05) is 6.61 Å². The van der Waals surface area contributed by atoms with Crippen LogP contribution in [0.5, 0.6) is 0 Å². The number of pyridine rings is 1. The molecule has 3 aromatic rings. The molecular formula is C20H14F2N2O. The van der Waals surface area contributed by atoms with Crippen LogP contribution in [-0.4, -0.2) is 17.5 Å². The second-order valence-electron chi connectivity index (χ2n) is 5.72. The first-order valence-corrected chi connectivity index (χ1v) is 7.88. The molecule has 0 saturated heterocycles. The van der Waals surface area contributed by atoms with Gasteiger partial charge in [-0.25, -0.2) is 13.8 Å². The lowest BCUT2D eigenvalue weighted by atomic mass is 10.0. The van der Waals surface area contributed by atoms with E-state index >= 15 is 0 Å². The molecule has 1 aromatic heterocycles. The van der Waals surface area contributed by atoms with Crippen LogP contribution < -0.4 is 0 Å². The molecule has 4 rings (SSSR count). The molecule has 124 valence electrons. The lowest BCUT2D eigenvalue weighted by Crippen LogP contribution is -2.07. The molecule has 0 bridgehead atoms. The number of benzene rings is 2. The van der Waals surface area contributed by atoms with Gasteiger partial charge in [0.1, 0.15) is 29.8 Å². The molecule has 25 heavy (non-hydrogen) atoms. The van der Waals surface area contributed by atoms with Crippen molar-refractivity contribution >= 4 is 5.90 Å². The molecule has 0 radical (unpaired) electrons. The molecule has 0 saturated carbocycles. The van der Waals surface area contributed by atoms with E-state index in [4.69, 9.17) is 4.74 Å². The normalized spacial score (nSPS) is 16.4. The summed E-state index contributed by atoms with van der Waals surface area (Å²) in [4.78, 5) is 8.36. The summed E-state index contributed by atoms with van der Waals surface area (Å²) >= 11 is 0. The van der Waals surface area contributed by atoms with E-state index in [9.17, 15) is 8.78 Å². The summed E-state index contributed by atoms with van der Waals surface area (Å²) in [6, 6.07) is 15.2. The Morgan fingerprint density at radius 2 is 1.48 bits per heavy atom. The molecular weight excluding hydrogens is 322 g/mol. The van der Waals surface area contributed by atoms with E-state index in [-0.39, 0.29) is 24.1 Å². The Hall–Kier alpha value is -3.08. The zero-order valence-corrected chi connectivity index (χ0v) is 13.2. The highest BCUT2D eigenvalue weighted by Gasteiger charge is 2.26. The first kappa shape index (κ1) is 15.4. The third-order valence-corrected chi connectivity index (χ3v) is 4.14. The third-order valence-electron chi connectivity index (χ3n) is 4.14. The lowest BCUT2D eigenvalue weighted by molar-refractivity contribution is 0.317. The molecule has 0 fully saturated rings. The fourth-order valence-corrected chi connectivity index (χ4v) is 2.83. The van der Waals surface area contributed by atoms with E-state index in [1.165, 1.54) is 18.2 Å². The van der Waals surface area contributed by atoms with Gasteiger partial charge in [0.2, 0.25) is 5.90 Å². The van der Waals surface area contributed by atoms with Crippen molar-refractivity contribution in [2.24, 2.45) is 4.99 Å². The van der Waals surface area contributed by atoms with Gasteiger partial charge < -0.3 is 4.74 Å². The van der Waals surface area contributed by atoms with Crippen LogP contribution in [-0.2, 0) is 4.74 Å². The van der Waals surface area contributed by atoms with E-state index in [1.54, 1.807) is 12.4 Å². The molecule has 1 unspecified atom stereocenters. The van der Waals surface area contributed by atoms with Gasteiger partial charge in [0.25, 0.3) is 0 Å². The molecule has 1 aliphatic rings. The van der Waals surface area contributed by atoms with Crippen molar-refractivity contribution in [3.63, 3.8) is 0 Å². The van der Waals surface area contributed by atoms with E-state index in [1.807, 2.05) is 36.4 Å². The lowest BCUT2D eigenvalue weighted by Gasteiger charge is -2.07. The standard InChI is InChI=1S/C20H14F2N2O/c21-16-2-1-3-17(22)19(16)20-24-18(12-25-20)15-6-4-13(5-7-15)14-8-10-23-11-9-14/h1-11,18H,12H2. The van der Waals surface area contributed by atoms with Crippen LogP contribution in [0.3, 0.4) is 0 Å². The van der Waals surface area contributed by atoms with E-state index in [2.05, 4.69) is 9.98 Å². The van der Waals surface area contributed by atoms with Gasteiger partial charge >= 0.3 is 0 Å². The summed E-state index contributed by atoms with van der Waals surface area (Å²) in [5.41, 5.74) is 2.86. The summed E-state index contributed by atoms with van der Waals surface area (Å²) in [5.74, 6) is -1.33. The van der Waals surface area contributed by atoms with Crippen LogP contribution in [0.4, 0.5) is 8.78 Å². The van der Waals surface area contributed by atoms with Gasteiger partial charge in [-0.15, -0.1) is 0 Å². The summed E-state index contributed by atoms with van der Waals surface area (Å²) in [5, 5.41) is 0. The van der Waals surface area contributed by atoms with Crippen LogP contribution >= 0.6 is 0 Å². The predicted octanol–water partition coefficient (Wildman–Crippen LogP) is 4.54. The monoisotopic (exact) mass is 336 g/mol. The minimum atomic E-state index is -0.674. The third kappa shape index (κ3) is 3.01. The second-order valence-corrected chi connectivity index (χ2v) is 5.72. The van der Waals surface area contributed by atoms with Crippen LogP contribution in [0.15, 0.2) is 72.0 Å². The van der Waals surface area contributed by atoms with Gasteiger partial charge in [0.15, 0.2) is 0 Å². The van der Waals surface area contributed by atoms with Crippen LogP contribution in [0.2, 0.25) is 0 Å². The van der Waals surface area contributed by atoms with Crippen molar-refractivity contribution < 1.29 is 13.5 Å². The average molecular weight is 336 g/mol. The van der Waals surface area contributed by atoms with Gasteiger partial charge in [-0.3, -0.25) is 4.98 Å². The van der Waals surface area contributed by atoms with Crippen molar-refractivity contribution in [1.82, 2.24) is 4.98 Å². The number of rotatable bonds is 3. The Morgan fingerprint density at radius 1 is 0.840 bits per heavy atom. The van der Waals surface area contributed by atoms with Crippen molar-refractivity contribution in [1.29, 1.82) is 0 Å². The summed E-state index contributed by atoms with van der Waals surface area (Å²) < 4.78 is 33.2. The Balaban J connectivity index is 1.60. The number of aromatic nitrogens is 1. The predicted molar refractivity (Wildman–Crippen MR) is 91.3 cm³/mol. The highest BCUT2D eigenvalue weighted by Crippen LogP contribution is 2.28. The van der Waals surface area contributed by atoms with E-state index in [0.29, 0.717) is 0 Å². The minimum absolute atomic E-state index is 0.0128. The Bertz CT molecular complexity index is 904. The van der Waals surface area contributed by atoms with Crippen molar-refractivity contribution in [3.8, 4) is 11.1 Å². The zero-order valence-electron chi connectivity index (χ0n) is 13.2. The molecule has 0 aliphatic carbocycles. The number of nitrogens with zero attached hydrogens (tertiary/aromatic N) is 2. The van der Waals surface area contributed by atoms with E-state index < -0.39 is 11.6 Å². The SMILES string of the molecule is Fc1cccc(F)c1C1=NC(c2ccc(-c3ccncc3)cc2)CO1. The molecule has 3 nitrogen and oxygen atoms in total. The summed E-state index contributed by atoms with van der Waals surface area (Å²) in [7, 11) is 0. The highest BCUT2D eigenvalue weighted by molar-refractivity contribution is 5.95. The Kier molecular flexibility index (Phi) is 3.98. The topological polar surface area (TPSA) is 34.5 Å². The minimum Gasteiger partial charge on any atom is -0.475 e. The van der Waals surface area contributed by atoms with Crippen molar-refractivity contribution in [2.45, 2.75) is 6.04 Å². The van der Waals surface area contributed by atoms with Gasteiger partial charge in [-0.1, -0.05) is 30.3 Å². The van der Waals surface area contributed by atoms with Crippen molar-refractivity contribution in [3.05, 3.63) is 89.8 Å². The molecule has 2 aromatic carbocycles. The average Bonchev–Trinajstić information content (AvgIpc) is 3.12. The molecule has 0 N–H and O–H groups in total. The van der Waals surface area contributed by atoms with E-state index in [0.717, 1.165) is 16.7 Å². The molecule has 0 spiro atoms. The number of hydrogen-bond donors (Lipinski definition) is 0. The quantitative estimate of drug-likeness (QED) is 0.703. The van der Waals surface area contributed by atoms with Gasteiger partial charge in [0, 0.05) is 12.4 Å². The van der Waals surface area contributed by atoms with Gasteiger partial charge in [-0.05, 0) is 41.0 Å². The number of ether oxygens (including phenoxy) is 1. The number of halogens is 2. The molecule has 2 heterocycles. The fourth-order valence-electron chi connectivity index (χ4n) is 2.83. The smallest absolute Gasteiger partial charge is 0.222 e. The molecule has 0 amide bonds. The summed E-state index contributed by atoms with van der Waals surface area (Å²) in [6.45, 7) is 0.262. The first-order chi connectivity index (χ1) is 12.2. The Morgan fingerprint density at radius 3 is 2.16 bits per heavy atom. The molecule has 1 atom stereocenters. The maximum absolute atomic E-state index is 13.9. The van der Waals surface area contributed by atoms with Gasteiger partial charge in [0.05, 0.1) is 0 Å². The Labute approximate surface area is 143 Å². The molecule has 5 heteroatoms. The number of hydrogen-bond acceptors (Lipinski definition) is 3. The van der Waals surface area contributed by atoms with Crippen LogP contribution in [0.1, 0.15) is 17.2 Å². The maximum Gasteiger partial charge on any atom is 0.222 e.